The lowest BCUT2D eigenvalue weighted by molar-refractivity contribution is -0.176. The molecular formula is C22H28N2O9. The normalized spacial score (nSPS) is 23.3. The summed E-state index contributed by atoms with van der Waals surface area (Å²) >= 11 is 0. The van der Waals surface area contributed by atoms with Gasteiger partial charge in [-0.1, -0.05) is 19.9 Å². The van der Waals surface area contributed by atoms with Crippen molar-refractivity contribution in [3.8, 4) is 11.5 Å². The van der Waals surface area contributed by atoms with E-state index in [1.54, 1.807) is 13.8 Å². The van der Waals surface area contributed by atoms with E-state index in [0.29, 0.717) is 0 Å². The summed E-state index contributed by atoms with van der Waals surface area (Å²) in [5, 5.41) is 12.5. The third-order valence-electron chi connectivity index (χ3n) is 4.91. The highest BCUT2D eigenvalue weighted by Crippen LogP contribution is 2.28. The zero-order valence-corrected chi connectivity index (χ0v) is 18.9. The lowest BCUT2D eigenvalue weighted by atomic mass is 9.94. The number of rotatable bonds is 7. The van der Waals surface area contributed by atoms with E-state index in [4.69, 9.17) is 18.9 Å². The maximum absolute atomic E-state index is 12.8. The predicted octanol–water partition coefficient (Wildman–Crippen LogP) is 1.14. The average Bonchev–Trinajstić information content (AvgIpc) is 2.80. The van der Waals surface area contributed by atoms with Gasteiger partial charge >= 0.3 is 17.9 Å². The first kappa shape index (κ1) is 25.6. The molecule has 1 aromatic heterocycles. The number of ether oxygens (including phenoxy) is 4. The molecule has 0 bridgehead atoms. The fourth-order valence-electron chi connectivity index (χ4n) is 3.09. The molecular weight excluding hydrogens is 436 g/mol. The summed E-state index contributed by atoms with van der Waals surface area (Å²) in [6, 6.07) is -0.0532. The number of carbonyl (C=O) groups is 4. The largest absolute Gasteiger partial charge is 0.503 e. The molecule has 1 aliphatic rings. The van der Waals surface area contributed by atoms with Crippen LogP contribution < -0.4 is 10.1 Å². The Morgan fingerprint density at radius 1 is 1.36 bits per heavy atom. The van der Waals surface area contributed by atoms with Crippen LogP contribution in [0.15, 0.2) is 24.9 Å². The number of nitrogens with one attached hydrogen (secondary N) is 1. The second kappa shape index (κ2) is 11.3. The van der Waals surface area contributed by atoms with Crippen LogP contribution in [0.1, 0.15) is 37.7 Å². The molecule has 0 saturated carbocycles. The van der Waals surface area contributed by atoms with Gasteiger partial charge in [-0.2, -0.15) is 0 Å². The third-order valence-corrected chi connectivity index (χ3v) is 4.91. The SMILES string of the molecule is C=CC[C@H]1C(=O)OC[C@H](NC(=O)c2nccc(OC)c2O)C(=O)O[C@@H](C)[C@@H]1OC(=O)C(C)C. The molecule has 0 radical (unpaired) electrons. The van der Waals surface area contributed by atoms with Crippen LogP contribution in [0, 0.1) is 11.8 Å². The highest BCUT2D eigenvalue weighted by Gasteiger charge is 2.41. The minimum atomic E-state index is -1.40. The van der Waals surface area contributed by atoms with E-state index in [-0.39, 0.29) is 12.2 Å². The second-order valence-corrected chi connectivity index (χ2v) is 7.70. The molecule has 11 nitrogen and oxygen atoms in total. The number of hydrogen-bond acceptors (Lipinski definition) is 10. The Labute approximate surface area is 191 Å². The Hall–Kier alpha value is -3.63. The number of carbonyl (C=O) groups excluding carboxylic acids is 4. The molecule has 11 heteroatoms. The van der Waals surface area contributed by atoms with Crippen LogP contribution in [0.2, 0.25) is 0 Å². The van der Waals surface area contributed by atoms with Crippen molar-refractivity contribution in [1.82, 2.24) is 10.3 Å². The predicted molar refractivity (Wildman–Crippen MR) is 113 cm³/mol. The first-order valence-electron chi connectivity index (χ1n) is 10.3. The molecule has 2 N–H and O–H groups in total. The number of esters is 3. The van der Waals surface area contributed by atoms with E-state index in [9.17, 15) is 24.3 Å². The number of allylic oxidation sites excluding steroid dienone is 1. The molecule has 1 fully saturated rings. The van der Waals surface area contributed by atoms with Gasteiger partial charge in [-0.3, -0.25) is 14.4 Å². The highest BCUT2D eigenvalue weighted by molar-refractivity contribution is 5.98. The summed E-state index contributed by atoms with van der Waals surface area (Å²) in [5.74, 6) is -5.11. The topological polar surface area (TPSA) is 150 Å². The van der Waals surface area contributed by atoms with Crippen LogP contribution in [0.3, 0.4) is 0 Å². The van der Waals surface area contributed by atoms with Gasteiger partial charge in [0.05, 0.1) is 13.0 Å². The van der Waals surface area contributed by atoms with Crippen molar-refractivity contribution in [3.05, 3.63) is 30.6 Å². The summed E-state index contributed by atoms with van der Waals surface area (Å²) in [5.41, 5.74) is -0.394. The summed E-state index contributed by atoms with van der Waals surface area (Å²) in [7, 11) is 1.30. The Kier molecular flexibility index (Phi) is 8.78. The Balaban J connectivity index is 2.28. The second-order valence-electron chi connectivity index (χ2n) is 7.70. The van der Waals surface area contributed by atoms with Gasteiger partial charge in [0, 0.05) is 12.3 Å². The van der Waals surface area contributed by atoms with Crippen LogP contribution in [-0.4, -0.2) is 65.9 Å². The molecule has 33 heavy (non-hydrogen) atoms. The number of aromatic hydroxyl groups is 1. The van der Waals surface area contributed by atoms with E-state index in [1.165, 1.54) is 32.4 Å². The van der Waals surface area contributed by atoms with Gasteiger partial charge in [-0.05, 0) is 13.3 Å². The molecule has 1 aromatic rings. The number of hydrogen-bond donors (Lipinski definition) is 2. The van der Waals surface area contributed by atoms with E-state index in [0.717, 1.165) is 0 Å². The van der Waals surface area contributed by atoms with Gasteiger partial charge in [0.25, 0.3) is 5.91 Å². The minimum absolute atomic E-state index is 0.00863. The number of amides is 1. The van der Waals surface area contributed by atoms with Crippen molar-refractivity contribution in [2.24, 2.45) is 11.8 Å². The van der Waals surface area contributed by atoms with Crippen molar-refractivity contribution >= 4 is 23.8 Å². The first-order chi connectivity index (χ1) is 15.6. The molecule has 0 aromatic carbocycles. The monoisotopic (exact) mass is 464 g/mol. The van der Waals surface area contributed by atoms with Gasteiger partial charge < -0.3 is 29.4 Å². The van der Waals surface area contributed by atoms with Gasteiger partial charge in [0.1, 0.15) is 18.6 Å². The smallest absolute Gasteiger partial charge is 0.332 e. The van der Waals surface area contributed by atoms with Crippen LogP contribution in [0.4, 0.5) is 0 Å². The van der Waals surface area contributed by atoms with Gasteiger partial charge in [-0.15, -0.1) is 6.58 Å². The van der Waals surface area contributed by atoms with Crippen molar-refractivity contribution in [2.45, 2.75) is 45.4 Å². The number of aromatic nitrogens is 1. The standard InChI is InChI=1S/C22H28N2O9/c1-6-7-13-18(33-20(27)11(2)3)12(4)32-22(29)14(10-31-21(13)28)24-19(26)16-17(25)15(30-5)8-9-23-16/h6,8-9,11-14,18,25H,1,7,10H2,2-5H3,(H,24,26)/t12-,13+,14-,18-/m0/s1. The zero-order valence-electron chi connectivity index (χ0n) is 18.9. The van der Waals surface area contributed by atoms with E-state index >= 15 is 0 Å². The summed E-state index contributed by atoms with van der Waals surface area (Å²) in [6.45, 7) is 7.80. The molecule has 180 valence electrons. The van der Waals surface area contributed by atoms with Crippen molar-refractivity contribution < 1.29 is 43.2 Å². The van der Waals surface area contributed by atoms with Crippen LogP contribution >= 0.6 is 0 Å². The number of pyridine rings is 1. The van der Waals surface area contributed by atoms with Gasteiger partial charge in [0.15, 0.2) is 29.3 Å². The number of nitrogens with zero attached hydrogens (tertiary/aromatic N) is 1. The lowest BCUT2D eigenvalue weighted by Gasteiger charge is -2.29. The molecule has 0 unspecified atom stereocenters. The zero-order chi connectivity index (χ0) is 24.7. The molecule has 2 rings (SSSR count). The Morgan fingerprint density at radius 2 is 2.06 bits per heavy atom. The van der Waals surface area contributed by atoms with E-state index in [1.807, 2.05) is 0 Å². The van der Waals surface area contributed by atoms with Gasteiger partial charge in [0.2, 0.25) is 0 Å². The molecule has 1 amide bonds. The van der Waals surface area contributed by atoms with Crippen LogP contribution in [0.5, 0.6) is 11.5 Å². The maximum atomic E-state index is 12.8. The Morgan fingerprint density at radius 3 is 2.67 bits per heavy atom. The van der Waals surface area contributed by atoms with Crippen molar-refractivity contribution in [1.29, 1.82) is 0 Å². The van der Waals surface area contributed by atoms with Gasteiger partial charge in [-0.25, -0.2) is 9.78 Å². The lowest BCUT2D eigenvalue weighted by Crippen LogP contribution is -2.46. The third kappa shape index (κ3) is 6.21. The van der Waals surface area contributed by atoms with Crippen molar-refractivity contribution in [2.75, 3.05) is 13.7 Å². The first-order valence-corrected chi connectivity index (χ1v) is 10.3. The fraction of sp³-hybridized carbons (Fsp3) is 0.500. The van der Waals surface area contributed by atoms with Crippen LogP contribution in [-0.2, 0) is 28.6 Å². The molecule has 2 heterocycles. The molecule has 1 saturated heterocycles. The minimum Gasteiger partial charge on any atom is -0.503 e. The highest BCUT2D eigenvalue weighted by atomic mass is 16.6. The number of cyclic esters (lactones) is 2. The van der Waals surface area contributed by atoms with Crippen molar-refractivity contribution in [3.63, 3.8) is 0 Å². The molecule has 0 aliphatic carbocycles. The Bertz CT molecular complexity index is 915. The van der Waals surface area contributed by atoms with E-state index < -0.39 is 72.0 Å². The number of methoxy groups -OCH3 is 1. The molecule has 4 atom stereocenters. The molecule has 0 spiro atoms. The fourth-order valence-corrected chi connectivity index (χ4v) is 3.09. The average molecular weight is 464 g/mol. The summed E-state index contributed by atoms with van der Waals surface area (Å²) in [6.07, 6.45) is 0.664. The molecule has 1 aliphatic heterocycles. The van der Waals surface area contributed by atoms with E-state index in [2.05, 4.69) is 16.9 Å². The summed E-state index contributed by atoms with van der Waals surface area (Å²) < 4.78 is 21.1. The summed E-state index contributed by atoms with van der Waals surface area (Å²) in [4.78, 5) is 54.1. The quantitative estimate of drug-likeness (QED) is 0.341. The van der Waals surface area contributed by atoms with Crippen LogP contribution in [0.25, 0.3) is 0 Å². The maximum Gasteiger partial charge on any atom is 0.332 e.